The first-order chi connectivity index (χ1) is 10.1. The van der Waals surface area contributed by atoms with E-state index >= 15 is 0 Å². The number of hydrogen-bond acceptors (Lipinski definition) is 2. The minimum atomic E-state index is -1.08. The van der Waals surface area contributed by atoms with E-state index in [4.69, 9.17) is 4.74 Å². The molecule has 0 radical (unpaired) electrons. The molecule has 3 nitrogen and oxygen atoms in total. The van der Waals surface area contributed by atoms with Crippen LogP contribution in [0.5, 0.6) is 0 Å². The number of halogens is 2. The lowest BCUT2D eigenvalue weighted by Crippen LogP contribution is -2.15. The van der Waals surface area contributed by atoms with Crippen molar-refractivity contribution in [1.29, 1.82) is 0 Å². The minimum absolute atomic E-state index is 0.0593. The maximum Gasteiger partial charge on any atom is 0.412 e. The van der Waals surface area contributed by atoms with Crippen molar-refractivity contribution in [2.75, 3.05) is 5.32 Å². The average Bonchev–Trinajstić information content (AvgIpc) is 2.51. The Morgan fingerprint density at radius 2 is 1.81 bits per heavy atom. The smallest absolute Gasteiger partial charge is 0.412 e. The quantitative estimate of drug-likeness (QED) is 0.879. The number of carbonyl (C=O) groups excluding carboxylic acids is 1. The Morgan fingerprint density at radius 3 is 2.48 bits per heavy atom. The normalized spacial score (nSPS) is 10.2. The van der Waals surface area contributed by atoms with Gasteiger partial charge in [-0.1, -0.05) is 42.7 Å². The maximum absolute atomic E-state index is 13.7. The summed E-state index contributed by atoms with van der Waals surface area (Å²) in [6.45, 7) is 0.0593. The Labute approximate surface area is 122 Å². The molecule has 0 aromatic heterocycles. The lowest BCUT2D eigenvalue weighted by molar-refractivity contribution is 0.155. The van der Waals surface area contributed by atoms with Crippen LogP contribution in [-0.2, 0) is 17.7 Å². The highest BCUT2D eigenvalue weighted by Gasteiger charge is 2.14. The molecule has 0 spiro atoms. The van der Waals surface area contributed by atoms with Gasteiger partial charge in [0.1, 0.15) is 14.5 Å². The molecule has 108 valence electrons. The summed E-state index contributed by atoms with van der Waals surface area (Å²) < 4.78 is 32.3. The fourth-order valence-corrected chi connectivity index (χ4v) is 1.83. The van der Waals surface area contributed by atoms with Crippen LogP contribution in [0.25, 0.3) is 0 Å². The van der Waals surface area contributed by atoms with Crippen LogP contribution in [0, 0.1) is 11.6 Å². The zero-order valence-corrected chi connectivity index (χ0v) is 11.5. The molecule has 0 aliphatic carbocycles. The summed E-state index contributed by atoms with van der Waals surface area (Å²) in [7, 11) is 1.72. The third-order valence-electron chi connectivity index (χ3n) is 2.99. The van der Waals surface area contributed by atoms with Gasteiger partial charge in [0.15, 0.2) is 11.6 Å². The topological polar surface area (TPSA) is 38.3 Å². The second-order valence-electron chi connectivity index (χ2n) is 4.44. The molecule has 0 aliphatic rings. The zero-order valence-electron chi connectivity index (χ0n) is 11.5. The first-order valence-electron chi connectivity index (χ1n) is 6.56. The molecule has 1 amide bonds. The summed E-state index contributed by atoms with van der Waals surface area (Å²) in [5, 5.41) is 2.20. The van der Waals surface area contributed by atoms with Gasteiger partial charge in [-0.2, -0.15) is 0 Å². The Kier molecular flexibility index (Phi) is 4.92. The van der Waals surface area contributed by atoms with Gasteiger partial charge in [-0.05, 0) is 17.2 Å². The summed E-state index contributed by atoms with van der Waals surface area (Å²) in [6.07, 6.45) is -0.456. The summed E-state index contributed by atoms with van der Waals surface area (Å²) in [5.41, 5.74) is 0.832. The Balaban J connectivity index is 1.98. The number of anilines is 1. The van der Waals surface area contributed by atoms with Crippen molar-refractivity contribution in [2.24, 2.45) is 0 Å². The van der Waals surface area contributed by atoms with E-state index in [0.717, 1.165) is 5.56 Å². The van der Waals surface area contributed by atoms with Gasteiger partial charge in [0.2, 0.25) is 0 Å². The van der Waals surface area contributed by atoms with Crippen molar-refractivity contribution in [2.45, 2.75) is 12.9 Å². The molecule has 0 aliphatic heterocycles. The molecule has 0 heterocycles. The van der Waals surface area contributed by atoms with Crippen LogP contribution in [0.15, 0.2) is 42.5 Å². The monoisotopic (exact) mass is 289 g/mol. The van der Waals surface area contributed by atoms with E-state index in [0.29, 0.717) is 6.32 Å². The number of rotatable bonds is 4. The molecule has 2 aromatic rings. The van der Waals surface area contributed by atoms with Crippen molar-refractivity contribution in [3.8, 4) is 0 Å². The van der Waals surface area contributed by atoms with Crippen molar-refractivity contribution < 1.29 is 18.3 Å². The molecule has 0 unspecified atom stereocenters. The Hall–Kier alpha value is -2.37. The number of ether oxygens (including phenoxy) is 1. The first-order valence-corrected chi connectivity index (χ1v) is 6.56. The highest BCUT2D eigenvalue weighted by Crippen LogP contribution is 2.20. The van der Waals surface area contributed by atoms with Crippen LogP contribution in [0.4, 0.5) is 19.3 Å². The largest absolute Gasteiger partial charge is 0.444 e. The average molecular weight is 289 g/mol. The summed E-state index contributed by atoms with van der Waals surface area (Å²) in [4.78, 5) is 11.6. The second kappa shape index (κ2) is 6.88. The maximum atomic E-state index is 13.7. The third-order valence-corrected chi connectivity index (χ3v) is 2.99. The molecule has 2 aromatic carbocycles. The van der Waals surface area contributed by atoms with Gasteiger partial charge in [0.05, 0.1) is 5.69 Å². The highest BCUT2D eigenvalue weighted by atomic mass is 19.2. The fourth-order valence-electron chi connectivity index (χ4n) is 1.83. The predicted octanol–water partition coefficient (Wildman–Crippen LogP) is 2.85. The van der Waals surface area contributed by atoms with Crippen LogP contribution in [0.3, 0.4) is 0 Å². The number of carbonyl (C=O) groups is 1. The Bertz CT molecular complexity index is 635. The van der Waals surface area contributed by atoms with E-state index in [1.165, 1.54) is 12.1 Å². The molecular weight excluding hydrogens is 275 g/mol. The van der Waals surface area contributed by atoms with E-state index in [2.05, 4.69) is 5.32 Å². The van der Waals surface area contributed by atoms with Crippen molar-refractivity contribution >= 4 is 19.6 Å². The predicted molar refractivity (Wildman–Crippen MR) is 78.9 cm³/mol. The van der Waals surface area contributed by atoms with E-state index in [-0.39, 0.29) is 17.9 Å². The van der Waals surface area contributed by atoms with Gasteiger partial charge in [-0.3, -0.25) is 5.32 Å². The van der Waals surface area contributed by atoms with E-state index < -0.39 is 17.7 Å². The molecule has 0 saturated heterocycles. The van der Waals surface area contributed by atoms with Crippen LogP contribution in [0.1, 0.15) is 11.1 Å². The molecule has 0 bridgehead atoms. The van der Waals surface area contributed by atoms with Gasteiger partial charge in [0, 0.05) is 0 Å². The number of benzene rings is 2. The molecule has 0 fully saturated rings. The third kappa shape index (κ3) is 3.81. The standard InChI is InChI=1S/C15H14BF2NO2/c16-8-11-6-7-12(14(18)13(11)17)19-15(20)21-9-10-4-2-1-3-5-10/h1-7H,8-9,16H2,(H,19,20). The molecule has 1 N–H and O–H groups in total. The molecular formula is C15H14BF2NO2. The SMILES string of the molecule is BCc1ccc(NC(=O)OCc2ccccc2)c(F)c1F. The number of hydrogen-bond donors (Lipinski definition) is 1. The van der Waals surface area contributed by atoms with E-state index in [9.17, 15) is 13.6 Å². The van der Waals surface area contributed by atoms with Crippen LogP contribution in [-0.4, -0.2) is 13.9 Å². The van der Waals surface area contributed by atoms with Gasteiger partial charge >= 0.3 is 6.09 Å². The van der Waals surface area contributed by atoms with Crippen LogP contribution < -0.4 is 5.32 Å². The highest BCUT2D eigenvalue weighted by molar-refractivity contribution is 6.08. The van der Waals surface area contributed by atoms with Gasteiger partial charge in [-0.25, -0.2) is 13.6 Å². The lowest BCUT2D eigenvalue weighted by Gasteiger charge is -2.09. The number of amides is 1. The first kappa shape index (κ1) is 15.0. The zero-order chi connectivity index (χ0) is 15.2. The fraction of sp³-hybridized carbons (Fsp3) is 0.133. The lowest BCUT2D eigenvalue weighted by atomic mass is 9.96. The van der Waals surface area contributed by atoms with Crippen LogP contribution in [0.2, 0.25) is 0 Å². The van der Waals surface area contributed by atoms with Gasteiger partial charge in [-0.15, -0.1) is 0 Å². The molecule has 0 saturated carbocycles. The summed E-state index contributed by atoms with van der Waals surface area (Å²) in [5.74, 6) is -2.02. The van der Waals surface area contributed by atoms with E-state index in [1.807, 2.05) is 18.2 Å². The second-order valence-corrected chi connectivity index (χ2v) is 4.44. The van der Waals surface area contributed by atoms with Crippen molar-refractivity contribution in [3.05, 3.63) is 65.2 Å². The minimum Gasteiger partial charge on any atom is -0.444 e. The molecule has 21 heavy (non-hydrogen) atoms. The van der Waals surface area contributed by atoms with Crippen LogP contribution >= 0.6 is 0 Å². The van der Waals surface area contributed by atoms with Crippen molar-refractivity contribution in [1.82, 2.24) is 0 Å². The van der Waals surface area contributed by atoms with Gasteiger partial charge in [0.25, 0.3) is 0 Å². The molecule has 0 atom stereocenters. The van der Waals surface area contributed by atoms with E-state index in [1.54, 1.807) is 20.0 Å². The summed E-state index contributed by atoms with van der Waals surface area (Å²) in [6, 6.07) is 11.8. The summed E-state index contributed by atoms with van der Waals surface area (Å²) >= 11 is 0. The number of nitrogens with one attached hydrogen (secondary N) is 1. The Morgan fingerprint density at radius 1 is 1.10 bits per heavy atom. The molecule has 6 heteroatoms. The van der Waals surface area contributed by atoms with Gasteiger partial charge < -0.3 is 4.74 Å². The molecule has 2 rings (SSSR count). The van der Waals surface area contributed by atoms with Crippen molar-refractivity contribution in [3.63, 3.8) is 0 Å².